The molecule has 0 fully saturated rings. The molecule has 2 N–H and O–H groups in total. The normalized spacial score (nSPS) is 11.1. The minimum Gasteiger partial charge on any atom is -0.338 e. The number of para-hydroxylation sites is 3. The van der Waals surface area contributed by atoms with Crippen molar-refractivity contribution >= 4 is 28.7 Å². The molecule has 1 heterocycles. The van der Waals surface area contributed by atoms with Crippen molar-refractivity contribution in [3.63, 3.8) is 0 Å². The van der Waals surface area contributed by atoms with Gasteiger partial charge in [-0.1, -0.05) is 54.1 Å². The first-order valence-electron chi connectivity index (χ1n) is 8.79. The van der Waals surface area contributed by atoms with E-state index in [2.05, 4.69) is 15.3 Å². The van der Waals surface area contributed by atoms with Gasteiger partial charge in [0.2, 0.25) is 5.91 Å². The Balaban J connectivity index is 1.57. The van der Waals surface area contributed by atoms with E-state index in [-0.39, 0.29) is 5.91 Å². The number of benzene rings is 3. The fourth-order valence-corrected chi connectivity index (χ4v) is 2.90. The van der Waals surface area contributed by atoms with Crippen LogP contribution in [0.1, 0.15) is 11.1 Å². The van der Waals surface area contributed by atoms with E-state index >= 15 is 0 Å². The first kappa shape index (κ1) is 16.8. The fourth-order valence-electron chi connectivity index (χ4n) is 2.90. The maximum Gasteiger partial charge on any atom is 0.248 e. The van der Waals surface area contributed by atoms with Crippen LogP contribution in [0, 0.1) is 6.92 Å². The van der Waals surface area contributed by atoms with E-state index in [1.165, 1.54) is 5.56 Å². The van der Waals surface area contributed by atoms with Crippen molar-refractivity contribution in [3.05, 3.63) is 90.0 Å². The zero-order valence-corrected chi connectivity index (χ0v) is 14.9. The quantitative estimate of drug-likeness (QED) is 0.496. The summed E-state index contributed by atoms with van der Waals surface area (Å²) >= 11 is 0. The van der Waals surface area contributed by atoms with E-state index < -0.39 is 0 Å². The predicted octanol–water partition coefficient (Wildman–Crippen LogP) is 5.19. The number of hydrogen-bond acceptors (Lipinski definition) is 2. The summed E-state index contributed by atoms with van der Waals surface area (Å²) in [6, 6.07) is 23.5. The number of imidazole rings is 1. The molecule has 3 aromatic carbocycles. The van der Waals surface area contributed by atoms with Crippen LogP contribution in [0.2, 0.25) is 0 Å². The Morgan fingerprint density at radius 2 is 1.70 bits per heavy atom. The molecular formula is C23H19N3O. The lowest BCUT2D eigenvalue weighted by atomic mass is 10.1. The Morgan fingerprint density at radius 1 is 0.963 bits per heavy atom. The number of aryl methyl sites for hydroxylation is 1. The van der Waals surface area contributed by atoms with Gasteiger partial charge in [-0.3, -0.25) is 4.79 Å². The van der Waals surface area contributed by atoms with Crippen molar-refractivity contribution in [1.82, 2.24) is 9.97 Å². The average molecular weight is 353 g/mol. The van der Waals surface area contributed by atoms with Gasteiger partial charge in [0.1, 0.15) is 5.82 Å². The van der Waals surface area contributed by atoms with Crippen molar-refractivity contribution in [3.8, 4) is 11.4 Å². The molecule has 0 atom stereocenters. The Hall–Kier alpha value is -3.66. The van der Waals surface area contributed by atoms with E-state index in [0.29, 0.717) is 0 Å². The minimum absolute atomic E-state index is 0.181. The number of amides is 1. The van der Waals surface area contributed by atoms with Gasteiger partial charge < -0.3 is 10.3 Å². The van der Waals surface area contributed by atoms with E-state index in [0.717, 1.165) is 33.7 Å². The van der Waals surface area contributed by atoms with Crippen LogP contribution >= 0.6 is 0 Å². The molecule has 0 aliphatic rings. The zero-order chi connectivity index (χ0) is 18.6. The number of fused-ring (bicyclic) bond motifs is 1. The SMILES string of the molecule is Cc1ccc(/C=C/C(=O)Nc2ccccc2-c2nc3ccccc3[nH]2)cc1. The molecule has 0 aliphatic carbocycles. The van der Waals surface area contributed by atoms with Crippen LogP contribution in [-0.4, -0.2) is 15.9 Å². The van der Waals surface area contributed by atoms with Gasteiger partial charge in [0.15, 0.2) is 0 Å². The number of carbonyl (C=O) groups is 1. The third kappa shape index (κ3) is 3.80. The van der Waals surface area contributed by atoms with Gasteiger partial charge in [0.25, 0.3) is 0 Å². The molecule has 132 valence electrons. The standard InChI is InChI=1S/C23H19N3O/c1-16-10-12-17(13-11-16)14-15-22(27)24-19-7-3-2-6-18(19)23-25-20-8-4-5-9-21(20)26-23/h2-15H,1H3,(H,24,27)(H,25,26)/b15-14+. The van der Waals surface area contributed by atoms with Crippen LogP contribution in [0.3, 0.4) is 0 Å². The second-order valence-corrected chi connectivity index (χ2v) is 6.38. The summed E-state index contributed by atoms with van der Waals surface area (Å²) in [4.78, 5) is 20.3. The van der Waals surface area contributed by atoms with Gasteiger partial charge in [-0.05, 0) is 42.8 Å². The zero-order valence-electron chi connectivity index (χ0n) is 14.9. The van der Waals surface area contributed by atoms with Gasteiger partial charge in [0, 0.05) is 11.6 Å². The third-order valence-corrected chi connectivity index (χ3v) is 4.33. The predicted molar refractivity (Wildman–Crippen MR) is 110 cm³/mol. The van der Waals surface area contributed by atoms with E-state index in [9.17, 15) is 4.79 Å². The number of nitrogens with one attached hydrogen (secondary N) is 2. The molecule has 4 aromatic rings. The third-order valence-electron chi connectivity index (χ3n) is 4.33. The summed E-state index contributed by atoms with van der Waals surface area (Å²) in [7, 11) is 0. The van der Waals surface area contributed by atoms with Crippen LogP contribution in [0.15, 0.2) is 78.9 Å². The molecule has 4 rings (SSSR count). The lowest BCUT2D eigenvalue weighted by molar-refractivity contribution is -0.111. The van der Waals surface area contributed by atoms with E-state index in [1.807, 2.05) is 79.7 Å². The Bertz CT molecular complexity index is 1090. The largest absolute Gasteiger partial charge is 0.338 e. The van der Waals surface area contributed by atoms with Crippen LogP contribution in [0.4, 0.5) is 5.69 Å². The van der Waals surface area contributed by atoms with Gasteiger partial charge >= 0.3 is 0 Å². The highest BCUT2D eigenvalue weighted by molar-refractivity contribution is 6.04. The fraction of sp³-hybridized carbons (Fsp3) is 0.0435. The summed E-state index contributed by atoms with van der Waals surface area (Å²) < 4.78 is 0. The van der Waals surface area contributed by atoms with E-state index in [4.69, 9.17) is 0 Å². The second kappa shape index (κ2) is 7.30. The molecule has 0 aliphatic heterocycles. The average Bonchev–Trinajstić information content (AvgIpc) is 3.12. The highest BCUT2D eigenvalue weighted by Crippen LogP contribution is 2.27. The van der Waals surface area contributed by atoms with Gasteiger partial charge in [-0.2, -0.15) is 0 Å². The molecule has 0 spiro atoms. The van der Waals surface area contributed by atoms with Crippen LogP contribution < -0.4 is 5.32 Å². The number of H-pyrrole nitrogens is 1. The van der Waals surface area contributed by atoms with Crippen molar-refractivity contribution in [1.29, 1.82) is 0 Å². The molecule has 0 saturated carbocycles. The van der Waals surface area contributed by atoms with Crippen molar-refractivity contribution < 1.29 is 4.79 Å². The lowest BCUT2D eigenvalue weighted by Gasteiger charge is -2.07. The van der Waals surface area contributed by atoms with Crippen LogP contribution in [0.25, 0.3) is 28.5 Å². The maximum absolute atomic E-state index is 12.4. The van der Waals surface area contributed by atoms with Gasteiger partial charge in [-0.25, -0.2) is 4.98 Å². The van der Waals surface area contributed by atoms with Crippen molar-refractivity contribution in [2.75, 3.05) is 5.32 Å². The summed E-state index contributed by atoms with van der Waals surface area (Å²) in [5.41, 5.74) is 5.61. The molecule has 27 heavy (non-hydrogen) atoms. The number of aromatic amines is 1. The lowest BCUT2D eigenvalue weighted by Crippen LogP contribution is -2.08. The molecule has 0 bridgehead atoms. The van der Waals surface area contributed by atoms with Crippen LogP contribution in [-0.2, 0) is 4.79 Å². The maximum atomic E-state index is 12.4. The molecule has 0 unspecified atom stereocenters. The number of hydrogen-bond donors (Lipinski definition) is 2. The second-order valence-electron chi connectivity index (χ2n) is 6.38. The van der Waals surface area contributed by atoms with Gasteiger partial charge in [0.05, 0.1) is 16.7 Å². The summed E-state index contributed by atoms with van der Waals surface area (Å²) in [6.07, 6.45) is 3.35. The Morgan fingerprint density at radius 3 is 2.52 bits per heavy atom. The Kier molecular flexibility index (Phi) is 4.54. The topological polar surface area (TPSA) is 57.8 Å². The molecule has 0 saturated heterocycles. The summed E-state index contributed by atoms with van der Waals surface area (Å²) in [5.74, 6) is 0.550. The highest BCUT2D eigenvalue weighted by atomic mass is 16.1. The number of rotatable bonds is 4. The highest BCUT2D eigenvalue weighted by Gasteiger charge is 2.10. The van der Waals surface area contributed by atoms with Gasteiger partial charge in [-0.15, -0.1) is 0 Å². The summed E-state index contributed by atoms with van der Waals surface area (Å²) in [5, 5.41) is 2.95. The molecule has 1 aromatic heterocycles. The number of nitrogens with zero attached hydrogens (tertiary/aromatic N) is 1. The molecule has 4 heteroatoms. The number of carbonyl (C=O) groups excluding carboxylic acids is 1. The molecule has 1 amide bonds. The van der Waals surface area contributed by atoms with Crippen molar-refractivity contribution in [2.45, 2.75) is 6.92 Å². The number of aromatic nitrogens is 2. The van der Waals surface area contributed by atoms with E-state index in [1.54, 1.807) is 12.2 Å². The monoisotopic (exact) mass is 353 g/mol. The Labute approximate surface area is 157 Å². The van der Waals surface area contributed by atoms with Crippen molar-refractivity contribution in [2.24, 2.45) is 0 Å². The first-order chi connectivity index (χ1) is 13.2. The molecular weight excluding hydrogens is 334 g/mol. The minimum atomic E-state index is -0.181. The first-order valence-corrected chi connectivity index (χ1v) is 8.79. The molecule has 0 radical (unpaired) electrons. The van der Waals surface area contributed by atoms with Crippen LogP contribution in [0.5, 0.6) is 0 Å². The number of anilines is 1. The smallest absolute Gasteiger partial charge is 0.248 e. The summed E-state index contributed by atoms with van der Waals surface area (Å²) in [6.45, 7) is 2.04. The molecule has 4 nitrogen and oxygen atoms in total.